The molecule has 1 aliphatic heterocycles. The van der Waals surface area contributed by atoms with Crippen molar-refractivity contribution in [2.45, 2.75) is 37.7 Å². The Hall–Kier alpha value is -1.60. The van der Waals surface area contributed by atoms with Crippen molar-refractivity contribution in [3.8, 4) is 0 Å². The molecule has 1 saturated heterocycles. The van der Waals surface area contributed by atoms with Crippen LogP contribution in [0.15, 0.2) is 23.1 Å². The molecule has 1 fully saturated rings. The molecule has 0 radical (unpaired) electrons. The SMILES string of the molecule is CC(C)OC(=O)c1cc(S(=O)(=O)N(C)C)ccc1N1CCCC1. The van der Waals surface area contributed by atoms with E-state index in [0.29, 0.717) is 5.56 Å². The second-order valence-corrected chi connectivity index (χ2v) is 8.27. The zero-order valence-corrected chi connectivity index (χ0v) is 14.9. The maximum absolute atomic E-state index is 12.4. The molecule has 23 heavy (non-hydrogen) atoms. The summed E-state index contributed by atoms with van der Waals surface area (Å²) in [7, 11) is -0.658. The van der Waals surface area contributed by atoms with Crippen molar-refractivity contribution >= 4 is 21.7 Å². The fourth-order valence-corrected chi connectivity index (χ4v) is 3.49. The molecule has 0 spiro atoms. The molecule has 0 atom stereocenters. The largest absolute Gasteiger partial charge is 0.459 e. The van der Waals surface area contributed by atoms with Crippen molar-refractivity contribution in [3.05, 3.63) is 23.8 Å². The van der Waals surface area contributed by atoms with Gasteiger partial charge in [0.25, 0.3) is 0 Å². The lowest BCUT2D eigenvalue weighted by Gasteiger charge is -2.22. The first-order valence-corrected chi connectivity index (χ1v) is 9.20. The number of hydrogen-bond acceptors (Lipinski definition) is 5. The molecule has 1 aromatic carbocycles. The third-order valence-electron chi connectivity index (χ3n) is 3.76. The van der Waals surface area contributed by atoms with Crippen molar-refractivity contribution in [2.24, 2.45) is 0 Å². The summed E-state index contributed by atoms with van der Waals surface area (Å²) in [5, 5.41) is 0. The standard InChI is InChI=1S/C16H24N2O4S/c1-12(2)22-16(19)14-11-13(23(20,21)17(3)4)7-8-15(14)18-9-5-6-10-18/h7-8,11-12H,5-6,9-10H2,1-4H3. The highest BCUT2D eigenvalue weighted by atomic mass is 32.2. The molecule has 0 N–H and O–H groups in total. The zero-order chi connectivity index (χ0) is 17.2. The Bertz CT molecular complexity index is 677. The topological polar surface area (TPSA) is 66.9 Å². The molecule has 7 heteroatoms. The summed E-state index contributed by atoms with van der Waals surface area (Å²) >= 11 is 0. The Labute approximate surface area is 138 Å². The van der Waals surface area contributed by atoms with Gasteiger partial charge in [-0.25, -0.2) is 17.5 Å². The molecule has 0 aliphatic carbocycles. The lowest BCUT2D eigenvalue weighted by Crippen LogP contribution is -2.25. The predicted molar refractivity (Wildman–Crippen MR) is 89.3 cm³/mol. The molecule has 1 heterocycles. The third-order valence-corrected chi connectivity index (χ3v) is 5.57. The lowest BCUT2D eigenvalue weighted by molar-refractivity contribution is 0.0378. The highest BCUT2D eigenvalue weighted by Crippen LogP contribution is 2.29. The van der Waals surface area contributed by atoms with Crippen LogP contribution in [0.3, 0.4) is 0 Å². The Kier molecular flexibility index (Phi) is 5.31. The molecule has 0 amide bonds. The number of anilines is 1. The molecule has 0 aromatic heterocycles. The molecule has 128 valence electrons. The van der Waals surface area contributed by atoms with E-state index in [1.165, 1.54) is 20.2 Å². The third kappa shape index (κ3) is 3.84. The average Bonchev–Trinajstić information content (AvgIpc) is 2.99. The minimum absolute atomic E-state index is 0.0983. The van der Waals surface area contributed by atoms with Gasteiger partial charge in [0.05, 0.1) is 22.3 Å². The highest BCUT2D eigenvalue weighted by Gasteiger charge is 2.25. The van der Waals surface area contributed by atoms with Crippen LogP contribution in [0.25, 0.3) is 0 Å². The molecule has 6 nitrogen and oxygen atoms in total. The van der Waals surface area contributed by atoms with Gasteiger partial charge < -0.3 is 9.64 Å². The molecule has 1 aromatic rings. The van der Waals surface area contributed by atoms with Gasteiger partial charge in [-0.1, -0.05) is 0 Å². The van der Waals surface area contributed by atoms with Crippen LogP contribution >= 0.6 is 0 Å². The Balaban J connectivity index is 2.50. The summed E-state index contributed by atoms with van der Waals surface area (Å²) in [5.74, 6) is -0.488. The number of rotatable bonds is 5. The van der Waals surface area contributed by atoms with Crippen molar-refractivity contribution in [2.75, 3.05) is 32.1 Å². The number of carbonyl (C=O) groups excluding carboxylic acids is 1. The van der Waals surface area contributed by atoms with Crippen LogP contribution in [0, 0.1) is 0 Å². The van der Waals surface area contributed by atoms with E-state index < -0.39 is 16.0 Å². The van der Waals surface area contributed by atoms with Crippen molar-refractivity contribution in [3.63, 3.8) is 0 Å². The number of nitrogens with zero attached hydrogens (tertiary/aromatic N) is 2. The van der Waals surface area contributed by atoms with E-state index in [2.05, 4.69) is 4.90 Å². The summed E-state index contributed by atoms with van der Waals surface area (Å²) in [4.78, 5) is 14.6. The second-order valence-electron chi connectivity index (χ2n) is 6.11. The first-order valence-electron chi connectivity index (χ1n) is 7.76. The highest BCUT2D eigenvalue weighted by molar-refractivity contribution is 7.89. The average molecular weight is 340 g/mol. The van der Waals surface area contributed by atoms with Crippen LogP contribution in [0.2, 0.25) is 0 Å². The van der Waals surface area contributed by atoms with Gasteiger partial charge >= 0.3 is 5.97 Å². The van der Waals surface area contributed by atoms with Crippen LogP contribution < -0.4 is 4.90 Å². The number of carbonyl (C=O) groups is 1. The van der Waals surface area contributed by atoms with Crippen LogP contribution in [-0.2, 0) is 14.8 Å². The summed E-state index contributed by atoms with van der Waals surface area (Å²) in [6.07, 6.45) is 1.87. The van der Waals surface area contributed by atoms with Crippen LogP contribution in [-0.4, -0.2) is 52.0 Å². The van der Waals surface area contributed by atoms with Gasteiger partial charge in [0.1, 0.15) is 0 Å². The van der Waals surface area contributed by atoms with Gasteiger partial charge in [0.2, 0.25) is 10.0 Å². The molecular formula is C16H24N2O4S. The predicted octanol–water partition coefficient (Wildman–Crippen LogP) is 2.10. The number of sulfonamides is 1. The van der Waals surface area contributed by atoms with Crippen LogP contribution in [0.1, 0.15) is 37.0 Å². The van der Waals surface area contributed by atoms with Gasteiger partial charge in [-0.3, -0.25) is 0 Å². The van der Waals surface area contributed by atoms with Gasteiger partial charge in [-0.05, 0) is 44.9 Å². The van der Waals surface area contributed by atoms with E-state index in [1.54, 1.807) is 26.0 Å². The van der Waals surface area contributed by atoms with Crippen molar-refractivity contribution < 1.29 is 17.9 Å². The quantitative estimate of drug-likeness (QED) is 0.768. The monoisotopic (exact) mass is 340 g/mol. The Morgan fingerprint density at radius 2 is 1.83 bits per heavy atom. The zero-order valence-electron chi connectivity index (χ0n) is 14.1. The van der Waals surface area contributed by atoms with E-state index in [0.717, 1.165) is 35.9 Å². The smallest absolute Gasteiger partial charge is 0.340 e. The van der Waals surface area contributed by atoms with E-state index in [-0.39, 0.29) is 11.0 Å². The molecule has 1 aliphatic rings. The summed E-state index contributed by atoms with van der Waals surface area (Å²) in [6.45, 7) is 5.27. The molecule has 0 bridgehead atoms. The second kappa shape index (κ2) is 6.88. The van der Waals surface area contributed by atoms with Gasteiger partial charge in [-0.15, -0.1) is 0 Å². The fourth-order valence-electron chi connectivity index (χ4n) is 2.56. The maximum Gasteiger partial charge on any atom is 0.340 e. The molecule has 0 saturated carbocycles. The minimum Gasteiger partial charge on any atom is -0.459 e. The number of hydrogen-bond donors (Lipinski definition) is 0. The Morgan fingerprint density at radius 3 is 2.35 bits per heavy atom. The van der Waals surface area contributed by atoms with Crippen LogP contribution in [0.5, 0.6) is 0 Å². The summed E-state index contributed by atoms with van der Waals surface area (Å²) in [5.41, 5.74) is 1.05. The summed E-state index contributed by atoms with van der Waals surface area (Å²) < 4.78 is 31.1. The van der Waals surface area contributed by atoms with Crippen molar-refractivity contribution in [1.82, 2.24) is 4.31 Å². The van der Waals surface area contributed by atoms with Crippen LogP contribution in [0.4, 0.5) is 5.69 Å². The van der Waals surface area contributed by atoms with E-state index in [9.17, 15) is 13.2 Å². The number of esters is 1. The van der Waals surface area contributed by atoms with Crippen molar-refractivity contribution in [1.29, 1.82) is 0 Å². The first kappa shape index (κ1) is 17.7. The van der Waals surface area contributed by atoms with Gasteiger partial charge in [0.15, 0.2) is 0 Å². The molecular weight excluding hydrogens is 316 g/mol. The maximum atomic E-state index is 12.4. The first-order chi connectivity index (χ1) is 10.7. The normalized spacial score (nSPS) is 15.5. The molecule has 0 unspecified atom stereocenters. The van der Waals surface area contributed by atoms with Gasteiger partial charge in [0, 0.05) is 27.2 Å². The molecule has 2 rings (SSSR count). The van der Waals surface area contributed by atoms with E-state index in [4.69, 9.17) is 4.74 Å². The van der Waals surface area contributed by atoms with E-state index >= 15 is 0 Å². The number of benzene rings is 1. The van der Waals surface area contributed by atoms with Gasteiger partial charge in [-0.2, -0.15) is 0 Å². The number of ether oxygens (including phenoxy) is 1. The minimum atomic E-state index is -3.59. The van der Waals surface area contributed by atoms with E-state index in [1.807, 2.05) is 0 Å². The lowest BCUT2D eigenvalue weighted by atomic mass is 10.1. The summed E-state index contributed by atoms with van der Waals surface area (Å²) in [6, 6.07) is 4.68. The Morgan fingerprint density at radius 1 is 1.22 bits per heavy atom. The fraction of sp³-hybridized carbons (Fsp3) is 0.562.